The molecule has 1 aromatic rings. The highest BCUT2D eigenvalue weighted by Gasteiger charge is 2.44. The predicted octanol–water partition coefficient (Wildman–Crippen LogP) is 3.00. The summed E-state index contributed by atoms with van der Waals surface area (Å²) in [7, 11) is 1.74. The highest BCUT2D eigenvalue weighted by atomic mass is 16.5. The van der Waals surface area contributed by atoms with E-state index in [9.17, 15) is 0 Å². The van der Waals surface area contributed by atoms with Crippen LogP contribution in [0, 0.1) is 17.8 Å². The van der Waals surface area contributed by atoms with Gasteiger partial charge in [-0.3, -0.25) is 0 Å². The molecule has 1 atom stereocenters. The maximum atomic E-state index is 6.50. The molecule has 2 nitrogen and oxygen atoms in total. The molecular formula is C16H23NO. The van der Waals surface area contributed by atoms with Crippen LogP contribution in [-0.4, -0.2) is 13.2 Å². The summed E-state index contributed by atoms with van der Waals surface area (Å²) in [6.07, 6.45) is 6.57. The molecule has 1 unspecified atom stereocenters. The maximum Gasteiger partial charge on any atom is 0.122 e. The molecule has 0 saturated heterocycles. The van der Waals surface area contributed by atoms with Crippen molar-refractivity contribution in [3.8, 4) is 5.75 Å². The molecule has 0 aliphatic heterocycles. The molecule has 2 heteroatoms. The van der Waals surface area contributed by atoms with E-state index in [1.54, 1.807) is 7.11 Å². The molecule has 3 rings (SSSR count). The first kappa shape index (κ1) is 12.0. The number of methoxy groups -OCH3 is 1. The Morgan fingerprint density at radius 3 is 2.33 bits per heavy atom. The van der Waals surface area contributed by atoms with Crippen LogP contribution < -0.4 is 10.5 Å². The first-order valence-corrected chi connectivity index (χ1v) is 7.17. The Morgan fingerprint density at radius 2 is 1.78 bits per heavy atom. The van der Waals surface area contributed by atoms with Crippen LogP contribution in [0.4, 0.5) is 0 Å². The van der Waals surface area contributed by atoms with E-state index in [-0.39, 0.29) is 0 Å². The molecule has 0 radical (unpaired) electrons. The molecule has 2 aliphatic rings. The quantitative estimate of drug-likeness (QED) is 0.836. The van der Waals surface area contributed by atoms with E-state index < -0.39 is 0 Å². The topological polar surface area (TPSA) is 35.2 Å². The highest BCUT2D eigenvalue weighted by Crippen LogP contribution is 2.50. The van der Waals surface area contributed by atoms with Gasteiger partial charge in [0.05, 0.1) is 7.11 Å². The lowest BCUT2D eigenvalue weighted by molar-refractivity contribution is 0.324. The SMILES string of the molecule is COc1ccccc1CC(N)C(C1CC1)C1CC1. The van der Waals surface area contributed by atoms with Crippen molar-refractivity contribution in [1.29, 1.82) is 0 Å². The fourth-order valence-electron chi connectivity index (χ4n) is 3.31. The van der Waals surface area contributed by atoms with Gasteiger partial charge in [-0.25, -0.2) is 0 Å². The average molecular weight is 245 g/mol. The monoisotopic (exact) mass is 245 g/mol. The Bertz CT molecular complexity index is 397. The summed E-state index contributed by atoms with van der Waals surface area (Å²) in [5, 5.41) is 0. The van der Waals surface area contributed by atoms with Gasteiger partial charge >= 0.3 is 0 Å². The summed E-state index contributed by atoms with van der Waals surface area (Å²) in [6, 6.07) is 8.59. The minimum atomic E-state index is 0.307. The second kappa shape index (κ2) is 4.93. The lowest BCUT2D eigenvalue weighted by Crippen LogP contribution is -2.35. The van der Waals surface area contributed by atoms with Gasteiger partial charge in [0.25, 0.3) is 0 Å². The van der Waals surface area contributed by atoms with Crippen molar-refractivity contribution in [3.63, 3.8) is 0 Å². The van der Waals surface area contributed by atoms with Gasteiger partial charge < -0.3 is 10.5 Å². The summed E-state index contributed by atoms with van der Waals surface area (Å²) in [5.74, 6) is 3.58. The molecule has 98 valence electrons. The number of rotatable bonds is 6. The van der Waals surface area contributed by atoms with Crippen LogP contribution in [0.3, 0.4) is 0 Å². The molecule has 0 amide bonds. The summed E-state index contributed by atoms with van der Waals surface area (Å²) < 4.78 is 5.42. The van der Waals surface area contributed by atoms with Crippen molar-refractivity contribution < 1.29 is 4.74 Å². The second-order valence-electron chi connectivity index (χ2n) is 5.93. The molecular weight excluding hydrogens is 222 g/mol. The maximum absolute atomic E-state index is 6.50. The second-order valence-corrected chi connectivity index (χ2v) is 5.93. The minimum absolute atomic E-state index is 0.307. The van der Waals surface area contributed by atoms with Crippen LogP contribution in [0.15, 0.2) is 24.3 Å². The van der Waals surface area contributed by atoms with E-state index in [1.165, 1.54) is 31.2 Å². The normalized spacial score (nSPS) is 21.1. The number of ether oxygens (including phenoxy) is 1. The van der Waals surface area contributed by atoms with Gasteiger partial charge in [-0.1, -0.05) is 18.2 Å². The Morgan fingerprint density at radius 1 is 1.17 bits per heavy atom. The minimum Gasteiger partial charge on any atom is -0.496 e. The number of hydrogen-bond donors (Lipinski definition) is 1. The van der Waals surface area contributed by atoms with Crippen molar-refractivity contribution in [2.45, 2.75) is 38.1 Å². The third kappa shape index (κ3) is 2.54. The van der Waals surface area contributed by atoms with Gasteiger partial charge in [0.15, 0.2) is 0 Å². The smallest absolute Gasteiger partial charge is 0.122 e. The first-order chi connectivity index (χ1) is 8.79. The van der Waals surface area contributed by atoms with E-state index >= 15 is 0 Å². The molecule has 2 fully saturated rings. The predicted molar refractivity (Wildman–Crippen MR) is 73.6 cm³/mol. The lowest BCUT2D eigenvalue weighted by atomic mass is 9.86. The summed E-state index contributed by atoms with van der Waals surface area (Å²) in [4.78, 5) is 0. The van der Waals surface area contributed by atoms with Crippen LogP contribution in [0.5, 0.6) is 5.75 Å². The Kier molecular flexibility index (Phi) is 3.29. The highest BCUT2D eigenvalue weighted by molar-refractivity contribution is 5.34. The molecule has 0 bridgehead atoms. The molecule has 2 aliphatic carbocycles. The molecule has 0 aromatic heterocycles. The fraction of sp³-hybridized carbons (Fsp3) is 0.625. The van der Waals surface area contributed by atoms with Crippen LogP contribution in [0.25, 0.3) is 0 Å². The zero-order valence-corrected chi connectivity index (χ0v) is 11.1. The zero-order valence-electron chi connectivity index (χ0n) is 11.1. The number of benzene rings is 1. The van der Waals surface area contributed by atoms with E-state index in [2.05, 4.69) is 12.1 Å². The van der Waals surface area contributed by atoms with Crippen LogP contribution in [-0.2, 0) is 6.42 Å². The van der Waals surface area contributed by atoms with Gasteiger partial charge in [0.2, 0.25) is 0 Å². The molecule has 1 aromatic carbocycles. The van der Waals surface area contributed by atoms with Gasteiger partial charge in [-0.15, -0.1) is 0 Å². The first-order valence-electron chi connectivity index (χ1n) is 7.17. The van der Waals surface area contributed by atoms with Crippen LogP contribution in [0.1, 0.15) is 31.2 Å². The van der Waals surface area contributed by atoms with Crippen LogP contribution >= 0.6 is 0 Å². The van der Waals surface area contributed by atoms with Gasteiger partial charge in [-0.2, -0.15) is 0 Å². The molecule has 2 N–H and O–H groups in total. The standard InChI is InChI=1S/C16H23NO/c1-18-15-5-3-2-4-13(15)10-14(17)16(11-6-7-11)12-8-9-12/h2-5,11-12,14,16H,6-10,17H2,1H3. The van der Waals surface area contributed by atoms with Crippen molar-refractivity contribution in [2.24, 2.45) is 23.5 Å². The Balaban J connectivity index is 1.70. The van der Waals surface area contributed by atoms with E-state index in [0.717, 1.165) is 29.9 Å². The molecule has 0 spiro atoms. The van der Waals surface area contributed by atoms with Crippen molar-refractivity contribution >= 4 is 0 Å². The summed E-state index contributed by atoms with van der Waals surface area (Å²) in [5.41, 5.74) is 7.76. The van der Waals surface area contributed by atoms with Crippen molar-refractivity contribution in [3.05, 3.63) is 29.8 Å². The van der Waals surface area contributed by atoms with Crippen LogP contribution in [0.2, 0.25) is 0 Å². The summed E-state index contributed by atoms with van der Waals surface area (Å²) >= 11 is 0. The Hall–Kier alpha value is -1.02. The van der Waals surface area contributed by atoms with Crippen molar-refractivity contribution in [1.82, 2.24) is 0 Å². The van der Waals surface area contributed by atoms with Gasteiger partial charge in [-0.05, 0) is 61.5 Å². The molecule has 18 heavy (non-hydrogen) atoms. The van der Waals surface area contributed by atoms with E-state index in [0.29, 0.717) is 6.04 Å². The average Bonchev–Trinajstić information content (AvgIpc) is 3.24. The largest absolute Gasteiger partial charge is 0.496 e. The number of para-hydroxylation sites is 1. The number of nitrogens with two attached hydrogens (primary N) is 1. The number of hydrogen-bond acceptors (Lipinski definition) is 2. The lowest BCUT2D eigenvalue weighted by Gasteiger charge is -2.24. The van der Waals surface area contributed by atoms with E-state index in [4.69, 9.17) is 10.5 Å². The van der Waals surface area contributed by atoms with Crippen molar-refractivity contribution in [2.75, 3.05) is 7.11 Å². The summed E-state index contributed by atoms with van der Waals surface area (Å²) in [6.45, 7) is 0. The third-order valence-electron chi connectivity index (χ3n) is 4.48. The third-order valence-corrected chi connectivity index (χ3v) is 4.48. The van der Waals surface area contributed by atoms with Gasteiger partial charge in [0.1, 0.15) is 5.75 Å². The van der Waals surface area contributed by atoms with Gasteiger partial charge in [0, 0.05) is 6.04 Å². The van der Waals surface area contributed by atoms with E-state index in [1.807, 2.05) is 12.1 Å². The zero-order chi connectivity index (χ0) is 12.5. The Labute approximate surface area is 110 Å². The fourth-order valence-corrected chi connectivity index (χ4v) is 3.31. The molecule has 2 saturated carbocycles. The molecule has 0 heterocycles.